The lowest BCUT2D eigenvalue weighted by atomic mass is 10.0. The lowest BCUT2D eigenvalue weighted by Gasteiger charge is -2.11. The molecule has 14 heavy (non-hydrogen) atoms. The van der Waals surface area contributed by atoms with E-state index >= 15 is 0 Å². The van der Waals surface area contributed by atoms with Gasteiger partial charge < -0.3 is 10.5 Å². The van der Waals surface area contributed by atoms with Gasteiger partial charge in [0.1, 0.15) is 10.7 Å². The summed E-state index contributed by atoms with van der Waals surface area (Å²) in [6, 6.07) is 3.95. The maximum Gasteiger partial charge on any atom is 0.122 e. The highest BCUT2D eigenvalue weighted by atomic mass is 32.1. The molecule has 0 heterocycles. The molecule has 3 heteroatoms. The summed E-state index contributed by atoms with van der Waals surface area (Å²) in [5, 5.41) is 0. The Labute approximate surface area is 90.1 Å². The minimum absolute atomic E-state index is 0.439. The summed E-state index contributed by atoms with van der Waals surface area (Å²) in [6.07, 6.45) is 0. The first-order chi connectivity index (χ1) is 6.56. The number of thiocarbonyl (C=S) groups is 1. The fraction of sp³-hybridized carbons (Fsp3) is 0.364. The lowest BCUT2D eigenvalue weighted by molar-refractivity contribution is 0.337. The van der Waals surface area contributed by atoms with E-state index in [-0.39, 0.29) is 0 Å². The number of benzene rings is 1. The normalized spacial score (nSPS) is 9.93. The van der Waals surface area contributed by atoms with E-state index in [1.165, 1.54) is 0 Å². The van der Waals surface area contributed by atoms with Gasteiger partial charge in [-0.2, -0.15) is 0 Å². The number of aryl methyl sites for hydroxylation is 2. The van der Waals surface area contributed by atoms with Crippen molar-refractivity contribution >= 4 is 17.2 Å². The zero-order valence-corrected chi connectivity index (χ0v) is 9.57. The van der Waals surface area contributed by atoms with Crippen molar-refractivity contribution in [3.8, 4) is 5.75 Å². The molecule has 0 amide bonds. The second-order valence-electron chi connectivity index (χ2n) is 3.23. The molecule has 2 N–H and O–H groups in total. The van der Waals surface area contributed by atoms with Crippen LogP contribution in [0.1, 0.15) is 23.6 Å². The second-order valence-corrected chi connectivity index (χ2v) is 3.67. The topological polar surface area (TPSA) is 35.2 Å². The predicted molar refractivity (Wildman–Crippen MR) is 63.0 cm³/mol. The Morgan fingerprint density at radius 3 is 2.50 bits per heavy atom. The van der Waals surface area contributed by atoms with Gasteiger partial charge in [-0.1, -0.05) is 12.2 Å². The van der Waals surface area contributed by atoms with Crippen LogP contribution in [-0.4, -0.2) is 11.6 Å². The standard InChI is InChI=1S/C11H15NOS/c1-4-13-10-6-7(2)9(11(12)14)5-8(10)3/h5-6H,4H2,1-3H3,(H2,12,14). The molecule has 0 spiro atoms. The average molecular weight is 209 g/mol. The van der Waals surface area contributed by atoms with E-state index in [4.69, 9.17) is 22.7 Å². The first-order valence-electron chi connectivity index (χ1n) is 4.60. The molecule has 0 saturated heterocycles. The molecule has 0 aliphatic heterocycles. The molecule has 0 aliphatic carbocycles. The van der Waals surface area contributed by atoms with E-state index in [1.807, 2.05) is 32.9 Å². The molecule has 1 aromatic carbocycles. The van der Waals surface area contributed by atoms with Gasteiger partial charge in [0.2, 0.25) is 0 Å². The maximum absolute atomic E-state index is 5.60. The maximum atomic E-state index is 5.60. The van der Waals surface area contributed by atoms with Crippen molar-refractivity contribution in [2.45, 2.75) is 20.8 Å². The second kappa shape index (κ2) is 4.42. The van der Waals surface area contributed by atoms with Crippen LogP contribution < -0.4 is 10.5 Å². The van der Waals surface area contributed by atoms with Gasteiger partial charge in [0.05, 0.1) is 6.61 Å². The van der Waals surface area contributed by atoms with E-state index < -0.39 is 0 Å². The summed E-state index contributed by atoms with van der Waals surface area (Å²) in [5.74, 6) is 0.907. The van der Waals surface area contributed by atoms with Crippen LogP contribution in [0.5, 0.6) is 5.75 Å². The van der Waals surface area contributed by atoms with Gasteiger partial charge in [0.25, 0.3) is 0 Å². The number of rotatable bonds is 3. The summed E-state index contributed by atoms with van der Waals surface area (Å²) >= 11 is 4.95. The van der Waals surface area contributed by atoms with Crippen molar-refractivity contribution in [3.05, 3.63) is 28.8 Å². The fourth-order valence-electron chi connectivity index (χ4n) is 1.37. The largest absolute Gasteiger partial charge is 0.494 e. The zero-order valence-electron chi connectivity index (χ0n) is 8.76. The molecule has 0 unspecified atom stereocenters. The van der Waals surface area contributed by atoms with Gasteiger partial charge in [-0.3, -0.25) is 0 Å². The average Bonchev–Trinajstić information content (AvgIpc) is 2.10. The molecule has 0 aliphatic rings. The van der Waals surface area contributed by atoms with Crippen molar-refractivity contribution in [2.75, 3.05) is 6.61 Å². The number of hydrogen-bond acceptors (Lipinski definition) is 2. The number of ether oxygens (including phenoxy) is 1. The van der Waals surface area contributed by atoms with E-state index in [0.717, 1.165) is 22.4 Å². The van der Waals surface area contributed by atoms with Gasteiger partial charge in [0, 0.05) is 5.56 Å². The van der Waals surface area contributed by atoms with Crippen LogP contribution in [0, 0.1) is 13.8 Å². The van der Waals surface area contributed by atoms with Gasteiger partial charge in [-0.05, 0) is 44.0 Å². The third-order valence-corrected chi connectivity index (χ3v) is 2.31. The minimum atomic E-state index is 0.439. The van der Waals surface area contributed by atoms with Crippen molar-refractivity contribution in [2.24, 2.45) is 5.73 Å². The molecule has 1 aromatic rings. The molecule has 2 nitrogen and oxygen atoms in total. The highest BCUT2D eigenvalue weighted by molar-refractivity contribution is 7.80. The van der Waals surface area contributed by atoms with Crippen molar-refractivity contribution in [3.63, 3.8) is 0 Å². The number of hydrogen-bond donors (Lipinski definition) is 1. The van der Waals surface area contributed by atoms with Gasteiger partial charge in [0.15, 0.2) is 0 Å². The van der Waals surface area contributed by atoms with Crippen LogP contribution in [0.4, 0.5) is 0 Å². The Bertz CT molecular complexity index is 361. The van der Waals surface area contributed by atoms with Crippen molar-refractivity contribution in [1.29, 1.82) is 0 Å². The first kappa shape index (κ1) is 11.0. The van der Waals surface area contributed by atoms with Crippen molar-refractivity contribution < 1.29 is 4.74 Å². The molecular weight excluding hydrogens is 194 g/mol. The summed E-state index contributed by atoms with van der Waals surface area (Å²) in [5.41, 5.74) is 8.66. The molecule has 76 valence electrons. The van der Waals surface area contributed by atoms with Crippen LogP contribution in [0.25, 0.3) is 0 Å². The highest BCUT2D eigenvalue weighted by Gasteiger charge is 2.06. The van der Waals surface area contributed by atoms with Crippen LogP contribution in [-0.2, 0) is 0 Å². The third-order valence-electron chi connectivity index (χ3n) is 2.09. The molecule has 0 aromatic heterocycles. The quantitative estimate of drug-likeness (QED) is 0.776. The molecule has 0 bridgehead atoms. The molecule has 0 saturated carbocycles. The third kappa shape index (κ3) is 2.23. The molecule has 0 atom stereocenters. The first-order valence-corrected chi connectivity index (χ1v) is 5.01. The van der Waals surface area contributed by atoms with Crippen LogP contribution in [0.15, 0.2) is 12.1 Å². The Morgan fingerprint density at radius 2 is 2.00 bits per heavy atom. The van der Waals surface area contributed by atoms with Crippen LogP contribution in [0.3, 0.4) is 0 Å². The van der Waals surface area contributed by atoms with Gasteiger partial charge in [-0.25, -0.2) is 0 Å². The van der Waals surface area contributed by atoms with Gasteiger partial charge >= 0.3 is 0 Å². The molecule has 0 radical (unpaired) electrons. The van der Waals surface area contributed by atoms with Gasteiger partial charge in [-0.15, -0.1) is 0 Å². The predicted octanol–water partition coefficient (Wildman–Crippen LogP) is 2.34. The Kier molecular flexibility index (Phi) is 3.47. The molecular formula is C11H15NOS. The summed E-state index contributed by atoms with van der Waals surface area (Å²) in [6.45, 7) is 6.62. The van der Waals surface area contributed by atoms with E-state index in [0.29, 0.717) is 11.6 Å². The zero-order chi connectivity index (χ0) is 10.7. The van der Waals surface area contributed by atoms with Crippen LogP contribution >= 0.6 is 12.2 Å². The summed E-state index contributed by atoms with van der Waals surface area (Å²) in [4.78, 5) is 0.439. The highest BCUT2D eigenvalue weighted by Crippen LogP contribution is 2.22. The molecule has 1 rings (SSSR count). The van der Waals surface area contributed by atoms with Crippen molar-refractivity contribution in [1.82, 2.24) is 0 Å². The van der Waals surface area contributed by atoms with E-state index in [9.17, 15) is 0 Å². The lowest BCUT2D eigenvalue weighted by Crippen LogP contribution is -2.11. The van der Waals surface area contributed by atoms with E-state index in [2.05, 4.69) is 0 Å². The Morgan fingerprint density at radius 1 is 1.36 bits per heavy atom. The monoisotopic (exact) mass is 209 g/mol. The van der Waals surface area contributed by atoms with E-state index in [1.54, 1.807) is 0 Å². The Hall–Kier alpha value is -1.09. The SMILES string of the molecule is CCOc1cc(C)c(C(N)=S)cc1C. The summed E-state index contributed by atoms with van der Waals surface area (Å²) in [7, 11) is 0. The smallest absolute Gasteiger partial charge is 0.122 e. The Balaban J connectivity index is 3.17. The number of nitrogens with two attached hydrogens (primary N) is 1. The molecule has 0 fully saturated rings. The fourth-order valence-corrected chi connectivity index (χ4v) is 1.59. The summed E-state index contributed by atoms with van der Waals surface area (Å²) < 4.78 is 5.47. The minimum Gasteiger partial charge on any atom is -0.494 e. The van der Waals surface area contributed by atoms with Crippen LogP contribution in [0.2, 0.25) is 0 Å².